The van der Waals surface area contributed by atoms with Crippen molar-refractivity contribution in [3.05, 3.63) is 113 Å². The average molecular weight is 474 g/mol. The Kier molecular flexibility index (Phi) is 5.66. The molecule has 3 heterocycles. The summed E-state index contributed by atoms with van der Waals surface area (Å²) in [4.78, 5) is 21.4. The van der Waals surface area contributed by atoms with Gasteiger partial charge in [0.05, 0.1) is 10.9 Å². The first-order chi connectivity index (χ1) is 16.9. The Bertz CT molecular complexity index is 1540. The number of halogens is 3. The zero-order valence-corrected chi connectivity index (χ0v) is 18.0. The van der Waals surface area contributed by atoms with Gasteiger partial charge in [0.25, 0.3) is 0 Å². The van der Waals surface area contributed by atoms with Crippen LogP contribution in [0, 0.1) is 0 Å². The van der Waals surface area contributed by atoms with Gasteiger partial charge in [-0.05, 0) is 30.3 Å². The number of alkyl halides is 3. The van der Waals surface area contributed by atoms with Crippen LogP contribution in [0.15, 0.2) is 102 Å². The lowest BCUT2D eigenvalue weighted by Gasteiger charge is -2.20. The van der Waals surface area contributed by atoms with Crippen molar-refractivity contribution in [3.63, 3.8) is 0 Å². The molecule has 0 radical (unpaired) electrons. The number of rotatable bonds is 5. The summed E-state index contributed by atoms with van der Waals surface area (Å²) in [6, 6.07) is 24.3. The summed E-state index contributed by atoms with van der Waals surface area (Å²) in [5, 5.41) is 2.56. The minimum absolute atomic E-state index is 0.0691. The minimum atomic E-state index is -4.83. The van der Waals surface area contributed by atoms with Crippen molar-refractivity contribution in [1.82, 2.24) is 14.5 Å². The van der Waals surface area contributed by atoms with E-state index in [0.717, 1.165) is 12.1 Å². The number of aromatic nitrogens is 3. The van der Waals surface area contributed by atoms with Gasteiger partial charge in [-0.25, -0.2) is 4.98 Å². The number of benzene rings is 2. The van der Waals surface area contributed by atoms with Crippen LogP contribution in [0.2, 0.25) is 0 Å². The predicted molar refractivity (Wildman–Crippen MR) is 126 cm³/mol. The fourth-order valence-electron chi connectivity index (χ4n) is 3.68. The summed E-state index contributed by atoms with van der Waals surface area (Å²) in [7, 11) is 0. The Morgan fingerprint density at radius 3 is 2.17 bits per heavy atom. The molecule has 0 unspecified atom stereocenters. The third-order valence-electron chi connectivity index (χ3n) is 5.16. The van der Waals surface area contributed by atoms with Gasteiger partial charge in [0.15, 0.2) is 11.1 Å². The molecule has 5 aromatic rings. The number of fused-ring (bicyclic) bond motifs is 1. The third-order valence-corrected chi connectivity index (χ3v) is 5.16. The van der Waals surface area contributed by atoms with Crippen LogP contribution in [-0.2, 0) is 6.18 Å². The first-order valence-corrected chi connectivity index (χ1v) is 10.5. The Balaban J connectivity index is 1.83. The molecule has 0 amide bonds. The molecular formula is C26H17F3N4O2. The standard InChI is InChI=1S/C26H17F3N4O2/c27-26(28,29)19-15-23(35-22-13-7-8-14-30-22)32-25-24(19)20(34)16-21(31-17-9-3-1-4-10-17)33(25)18-11-5-2-6-12-18/h1-16,31H. The van der Waals surface area contributed by atoms with Gasteiger partial charge >= 0.3 is 6.18 Å². The van der Waals surface area contributed by atoms with Crippen LogP contribution < -0.4 is 15.5 Å². The topological polar surface area (TPSA) is 69.0 Å². The number of nitrogens with one attached hydrogen (secondary N) is 1. The van der Waals surface area contributed by atoms with Gasteiger partial charge in [0, 0.05) is 35.8 Å². The Morgan fingerprint density at radius 1 is 0.829 bits per heavy atom. The van der Waals surface area contributed by atoms with E-state index in [2.05, 4.69) is 15.3 Å². The van der Waals surface area contributed by atoms with Crippen molar-refractivity contribution in [2.24, 2.45) is 0 Å². The molecule has 6 nitrogen and oxygen atoms in total. The maximum absolute atomic E-state index is 14.1. The lowest BCUT2D eigenvalue weighted by Crippen LogP contribution is -2.18. The summed E-state index contributed by atoms with van der Waals surface area (Å²) in [5.74, 6) is -0.0281. The highest BCUT2D eigenvalue weighted by Gasteiger charge is 2.36. The van der Waals surface area contributed by atoms with Gasteiger partial charge in [-0.15, -0.1) is 0 Å². The molecule has 0 aliphatic rings. The Hall–Kier alpha value is -4.66. The second-order valence-corrected chi connectivity index (χ2v) is 7.53. The summed E-state index contributed by atoms with van der Waals surface area (Å²) in [6.45, 7) is 0. The third kappa shape index (κ3) is 4.56. The van der Waals surface area contributed by atoms with Crippen molar-refractivity contribution in [2.45, 2.75) is 6.18 Å². The monoisotopic (exact) mass is 474 g/mol. The molecule has 5 rings (SSSR count). The summed E-state index contributed by atoms with van der Waals surface area (Å²) < 4.78 is 49.4. The van der Waals surface area contributed by atoms with Gasteiger partial charge < -0.3 is 10.1 Å². The van der Waals surface area contributed by atoms with E-state index >= 15 is 0 Å². The Morgan fingerprint density at radius 2 is 1.51 bits per heavy atom. The molecule has 0 spiro atoms. The lowest BCUT2D eigenvalue weighted by molar-refractivity contribution is -0.136. The van der Waals surface area contributed by atoms with Crippen LogP contribution in [0.25, 0.3) is 16.7 Å². The molecule has 9 heteroatoms. The highest BCUT2D eigenvalue weighted by Crippen LogP contribution is 2.37. The molecule has 0 aliphatic heterocycles. The van der Waals surface area contributed by atoms with E-state index in [4.69, 9.17) is 4.74 Å². The van der Waals surface area contributed by atoms with Crippen molar-refractivity contribution in [1.29, 1.82) is 0 Å². The minimum Gasteiger partial charge on any atom is -0.421 e. The van der Waals surface area contributed by atoms with E-state index < -0.39 is 22.6 Å². The van der Waals surface area contributed by atoms with Gasteiger partial charge in [-0.2, -0.15) is 18.2 Å². The van der Waals surface area contributed by atoms with E-state index in [0.29, 0.717) is 11.4 Å². The summed E-state index contributed by atoms with van der Waals surface area (Å²) in [6.07, 6.45) is -3.38. The van der Waals surface area contributed by atoms with Crippen LogP contribution in [0.4, 0.5) is 24.7 Å². The molecule has 174 valence electrons. The van der Waals surface area contributed by atoms with E-state index in [1.165, 1.54) is 16.8 Å². The average Bonchev–Trinajstić information content (AvgIpc) is 2.85. The fraction of sp³-hybridized carbons (Fsp3) is 0.0385. The molecule has 0 aliphatic carbocycles. The van der Waals surface area contributed by atoms with E-state index in [9.17, 15) is 18.0 Å². The first kappa shape index (κ1) is 22.1. The first-order valence-electron chi connectivity index (χ1n) is 10.5. The van der Waals surface area contributed by atoms with Crippen molar-refractivity contribution >= 4 is 22.5 Å². The van der Waals surface area contributed by atoms with Gasteiger partial charge in [0.1, 0.15) is 5.82 Å². The predicted octanol–water partition coefficient (Wildman–Crippen LogP) is 6.34. The van der Waals surface area contributed by atoms with Crippen molar-refractivity contribution in [2.75, 3.05) is 5.32 Å². The maximum atomic E-state index is 14.1. The van der Waals surface area contributed by atoms with Gasteiger partial charge in [-0.1, -0.05) is 42.5 Å². The zero-order valence-electron chi connectivity index (χ0n) is 18.0. The summed E-state index contributed by atoms with van der Waals surface area (Å²) >= 11 is 0. The quantitative estimate of drug-likeness (QED) is 0.322. The van der Waals surface area contributed by atoms with Crippen LogP contribution in [-0.4, -0.2) is 14.5 Å². The molecule has 0 bridgehead atoms. The van der Waals surface area contributed by atoms with Crippen LogP contribution in [0.3, 0.4) is 0 Å². The molecule has 0 saturated carbocycles. The summed E-state index contributed by atoms with van der Waals surface area (Å²) in [5.41, 5.74) is -1.02. The van der Waals surface area contributed by atoms with Gasteiger partial charge in [-0.3, -0.25) is 9.36 Å². The Labute approximate surface area is 197 Å². The molecule has 1 N–H and O–H groups in total. The largest absolute Gasteiger partial charge is 0.421 e. The van der Waals surface area contributed by atoms with E-state index in [1.807, 2.05) is 6.07 Å². The molecule has 0 atom stereocenters. The number of para-hydroxylation sites is 2. The second kappa shape index (κ2) is 8.94. The van der Waals surface area contributed by atoms with E-state index in [1.54, 1.807) is 66.7 Å². The van der Waals surface area contributed by atoms with Crippen LogP contribution in [0.1, 0.15) is 5.56 Å². The molecule has 35 heavy (non-hydrogen) atoms. The molecule has 2 aromatic carbocycles. The van der Waals surface area contributed by atoms with E-state index in [-0.39, 0.29) is 23.2 Å². The highest BCUT2D eigenvalue weighted by molar-refractivity contribution is 5.85. The van der Waals surface area contributed by atoms with Crippen molar-refractivity contribution in [3.8, 4) is 17.4 Å². The maximum Gasteiger partial charge on any atom is 0.417 e. The smallest absolute Gasteiger partial charge is 0.417 e. The normalized spacial score (nSPS) is 11.4. The molecule has 0 saturated heterocycles. The van der Waals surface area contributed by atoms with Gasteiger partial charge in [0.2, 0.25) is 11.8 Å². The second-order valence-electron chi connectivity index (χ2n) is 7.53. The molecular weight excluding hydrogens is 457 g/mol. The molecule has 3 aromatic heterocycles. The zero-order chi connectivity index (χ0) is 24.4. The number of anilines is 2. The number of nitrogens with zero attached hydrogens (tertiary/aromatic N) is 3. The number of ether oxygens (including phenoxy) is 1. The van der Waals surface area contributed by atoms with Crippen LogP contribution in [0.5, 0.6) is 11.8 Å². The van der Waals surface area contributed by atoms with Crippen LogP contribution >= 0.6 is 0 Å². The lowest BCUT2D eigenvalue weighted by atomic mass is 10.1. The highest BCUT2D eigenvalue weighted by atomic mass is 19.4. The van der Waals surface area contributed by atoms with Crippen molar-refractivity contribution < 1.29 is 17.9 Å². The number of hydrogen-bond acceptors (Lipinski definition) is 5. The molecule has 0 fully saturated rings. The SMILES string of the molecule is O=c1cc(Nc2ccccc2)n(-c2ccccc2)c2nc(Oc3ccccn3)cc(C(F)(F)F)c12. The number of pyridine rings is 3. The number of hydrogen-bond donors (Lipinski definition) is 1. The fourth-order valence-corrected chi connectivity index (χ4v) is 3.68.